The molecule has 0 rings (SSSR count). The first-order valence-corrected chi connectivity index (χ1v) is 4.49. The van der Waals surface area contributed by atoms with Crippen LogP contribution in [-0.2, 0) is 0 Å². The molecule has 0 aliphatic heterocycles. The minimum Gasteiger partial charge on any atom is -0.286 e. The summed E-state index contributed by atoms with van der Waals surface area (Å²) in [5.74, 6) is 0.644. The molecule has 0 aliphatic rings. The SMILES string of the molecule is CCC(C)C(=NC)SC. The van der Waals surface area contributed by atoms with Crippen LogP contribution in [0.3, 0.4) is 0 Å². The van der Waals surface area contributed by atoms with E-state index >= 15 is 0 Å². The summed E-state index contributed by atoms with van der Waals surface area (Å²) in [6.07, 6.45) is 3.27. The van der Waals surface area contributed by atoms with Crippen LogP contribution >= 0.6 is 11.8 Å². The van der Waals surface area contributed by atoms with E-state index in [-0.39, 0.29) is 0 Å². The second-order valence-electron chi connectivity index (χ2n) is 2.08. The van der Waals surface area contributed by atoms with Crippen LogP contribution < -0.4 is 0 Å². The van der Waals surface area contributed by atoms with Gasteiger partial charge in [0.2, 0.25) is 0 Å². The number of hydrogen-bond donors (Lipinski definition) is 0. The van der Waals surface area contributed by atoms with E-state index in [1.54, 1.807) is 11.8 Å². The van der Waals surface area contributed by atoms with Crippen molar-refractivity contribution in [1.29, 1.82) is 0 Å². The molecule has 9 heavy (non-hydrogen) atoms. The molecule has 0 saturated heterocycles. The molecule has 54 valence electrons. The molecule has 1 unspecified atom stereocenters. The molecule has 0 fully saturated rings. The summed E-state index contributed by atoms with van der Waals surface area (Å²) < 4.78 is 0. The van der Waals surface area contributed by atoms with Crippen LogP contribution in [0.1, 0.15) is 20.3 Å². The van der Waals surface area contributed by atoms with Crippen molar-refractivity contribution in [2.45, 2.75) is 20.3 Å². The molecule has 0 amide bonds. The lowest BCUT2D eigenvalue weighted by Gasteiger charge is -2.07. The third-order valence-electron chi connectivity index (χ3n) is 1.46. The fourth-order valence-electron chi connectivity index (χ4n) is 0.687. The van der Waals surface area contributed by atoms with E-state index in [1.807, 2.05) is 7.05 Å². The average Bonchev–Trinajstić information content (AvgIpc) is 1.90. The lowest BCUT2D eigenvalue weighted by atomic mass is 10.1. The molecule has 0 aliphatic carbocycles. The summed E-state index contributed by atoms with van der Waals surface area (Å²) in [5, 5.41) is 1.26. The van der Waals surface area contributed by atoms with Crippen LogP contribution in [0.4, 0.5) is 0 Å². The molecule has 2 heteroatoms. The first kappa shape index (κ1) is 9.02. The van der Waals surface area contributed by atoms with Gasteiger partial charge in [-0.3, -0.25) is 4.99 Å². The summed E-state index contributed by atoms with van der Waals surface area (Å²) in [7, 11) is 1.86. The number of hydrogen-bond acceptors (Lipinski definition) is 2. The predicted molar refractivity (Wildman–Crippen MR) is 46.3 cm³/mol. The van der Waals surface area contributed by atoms with Gasteiger partial charge in [0.25, 0.3) is 0 Å². The van der Waals surface area contributed by atoms with Gasteiger partial charge in [-0.25, -0.2) is 0 Å². The quantitative estimate of drug-likeness (QED) is 0.429. The Kier molecular flexibility index (Phi) is 4.87. The standard InChI is InChI=1S/C7H15NS/c1-5-6(2)7(8-3)9-4/h6H,5H2,1-4H3. The van der Waals surface area contributed by atoms with Gasteiger partial charge >= 0.3 is 0 Å². The maximum Gasteiger partial charge on any atom is 0.0697 e. The topological polar surface area (TPSA) is 12.4 Å². The average molecular weight is 145 g/mol. The Labute approximate surface area is 61.9 Å². The van der Waals surface area contributed by atoms with Gasteiger partial charge in [0.05, 0.1) is 5.04 Å². The van der Waals surface area contributed by atoms with E-state index in [2.05, 4.69) is 25.1 Å². The Balaban J connectivity index is 3.80. The monoisotopic (exact) mass is 145 g/mol. The van der Waals surface area contributed by atoms with Crippen LogP contribution in [0.5, 0.6) is 0 Å². The predicted octanol–water partition coefficient (Wildman–Crippen LogP) is 2.42. The second kappa shape index (κ2) is 4.86. The van der Waals surface area contributed by atoms with Crippen LogP contribution in [0, 0.1) is 5.92 Å². The summed E-state index contributed by atoms with van der Waals surface area (Å²) in [6.45, 7) is 4.39. The highest BCUT2D eigenvalue weighted by Crippen LogP contribution is 2.12. The minimum atomic E-state index is 0.644. The largest absolute Gasteiger partial charge is 0.286 e. The Morgan fingerprint density at radius 1 is 1.67 bits per heavy atom. The van der Waals surface area contributed by atoms with Crippen LogP contribution in [0.15, 0.2) is 4.99 Å². The molecular weight excluding hydrogens is 130 g/mol. The zero-order valence-electron chi connectivity index (χ0n) is 6.64. The second-order valence-corrected chi connectivity index (χ2v) is 2.90. The molecule has 0 bridgehead atoms. The van der Waals surface area contributed by atoms with E-state index in [1.165, 1.54) is 11.5 Å². The fraction of sp³-hybridized carbons (Fsp3) is 0.857. The number of nitrogens with zero attached hydrogens (tertiary/aromatic N) is 1. The highest BCUT2D eigenvalue weighted by Gasteiger charge is 2.04. The van der Waals surface area contributed by atoms with E-state index < -0.39 is 0 Å². The number of thioether (sulfide) groups is 1. The van der Waals surface area contributed by atoms with Gasteiger partial charge in [0.1, 0.15) is 0 Å². The molecule has 1 nitrogen and oxygen atoms in total. The van der Waals surface area contributed by atoms with Crippen LogP contribution in [0.25, 0.3) is 0 Å². The highest BCUT2D eigenvalue weighted by atomic mass is 32.2. The molecule has 1 atom stereocenters. The Morgan fingerprint density at radius 2 is 2.22 bits per heavy atom. The van der Waals surface area contributed by atoms with Crippen molar-refractivity contribution < 1.29 is 0 Å². The minimum absolute atomic E-state index is 0.644. The van der Waals surface area contributed by atoms with Crippen molar-refractivity contribution in [2.75, 3.05) is 13.3 Å². The Hall–Kier alpha value is 0.0200. The van der Waals surface area contributed by atoms with Crippen molar-refractivity contribution in [3.63, 3.8) is 0 Å². The van der Waals surface area contributed by atoms with Crippen LogP contribution in [0.2, 0.25) is 0 Å². The van der Waals surface area contributed by atoms with Crippen molar-refractivity contribution in [1.82, 2.24) is 0 Å². The summed E-state index contributed by atoms with van der Waals surface area (Å²) >= 11 is 1.75. The molecule has 0 saturated carbocycles. The van der Waals surface area contributed by atoms with Crippen molar-refractivity contribution >= 4 is 16.8 Å². The molecule has 0 radical (unpaired) electrons. The van der Waals surface area contributed by atoms with Gasteiger partial charge in [-0.05, 0) is 12.7 Å². The number of aliphatic imine (C=N–C) groups is 1. The zero-order valence-corrected chi connectivity index (χ0v) is 7.46. The molecular formula is C7H15NS. The maximum absolute atomic E-state index is 4.16. The van der Waals surface area contributed by atoms with E-state index in [0.717, 1.165) is 0 Å². The van der Waals surface area contributed by atoms with E-state index in [0.29, 0.717) is 5.92 Å². The Morgan fingerprint density at radius 3 is 2.33 bits per heavy atom. The summed E-state index contributed by atoms with van der Waals surface area (Å²) in [6, 6.07) is 0. The third-order valence-corrected chi connectivity index (χ3v) is 2.47. The van der Waals surface area contributed by atoms with Gasteiger partial charge < -0.3 is 0 Å². The summed E-state index contributed by atoms with van der Waals surface area (Å²) in [5.41, 5.74) is 0. The highest BCUT2D eigenvalue weighted by molar-refractivity contribution is 8.13. The zero-order chi connectivity index (χ0) is 7.28. The van der Waals surface area contributed by atoms with Gasteiger partial charge in [0, 0.05) is 13.0 Å². The number of rotatable bonds is 2. The van der Waals surface area contributed by atoms with Crippen molar-refractivity contribution in [3.05, 3.63) is 0 Å². The van der Waals surface area contributed by atoms with Crippen LogP contribution in [-0.4, -0.2) is 18.3 Å². The Bertz CT molecular complexity index is 99.1. The molecule has 0 spiro atoms. The maximum atomic E-state index is 4.16. The third kappa shape index (κ3) is 2.89. The smallest absolute Gasteiger partial charge is 0.0697 e. The lowest BCUT2D eigenvalue weighted by molar-refractivity contribution is 0.749. The molecule has 0 heterocycles. The van der Waals surface area contributed by atoms with Crippen molar-refractivity contribution in [3.8, 4) is 0 Å². The van der Waals surface area contributed by atoms with Gasteiger partial charge in [-0.15, -0.1) is 11.8 Å². The van der Waals surface area contributed by atoms with Gasteiger partial charge in [-0.1, -0.05) is 13.8 Å². The molecule has 0 aromatic rings. The summed E-state index contributed by atoms with van der Waals surface area (Å²) in [4.78, 5) is 4.16. The molecule has 0 N–H and O–H groups in total. The molecule has 0 aromatic heterocycles. The van der Waals surface area contributed by atoms with Gasteiger partial charge in [-0.2, -0.15) is 0 Å². The first-order valence-electron chi connectivity index (χ1n) is 3.26. The lowest BCUT2D eigenvalue weighted by Crippen LogP contribution is -2.04. The fourth-order valence-corrected chi connectivity index (χ4v) is 1.44. The van der Waals surface area contributed by atoms with E-state index in [4.69, 9.17) is 0 Å². The van der Waals surface area contributed by atoms with Gasteiger partial charge in [0.15, 0.2) is 0 Å². The molecule has 0 aromatic carbocycles. The van der Waals surface area contributed by atoms with Crippen molar-refractivity contribution in [2.24, 2.45) is 10.9 Å². The first-order chi connectivity index (χ1) is 4.26. The normalized spacial score (nSPS) is 15.8. The van der Waals surface area contributed by atoms with E-state index in [9.17, 15) is 0 Å².